The predicted molar refractivity (Wildman–Crippen MR) is 97.2 cm³/mol. The number of carbonyl (C=O) groups is 1. The monoisotopic (exact) mass is 347 g/mol. The van der Waals surface area contributed by atoms with Crippen LogP contribution in [0.15, 0.2) is 24.3 Å². The van der Waals surface area contributed by atoms with Crippen molar-refractivity contribution in [3.8, 4) is 5.75 Å². The van der Waals surface area contributed by atoms with E-state index in [0.29, 0.717) is 12.2 Å². The minimum atomic E-state index is -0.0124. The lowest BCUT2D eigenvalue weighted by atomic mass is 10.1. The van der Waals surface area contributed by atoms with E-state index in [1.54, 1.807) is 0 Å². The molecule has 25 heavy (non-hydrogen) atoms. The van der Waals surface area contributed by atoms with E-state index in [1.165, 1.54) is 0 Å². The summed E-state index contributed by atoms with van der Waals surface area (Å²) in [4.78, 5) is 17.4. The molecule has 0 radical (unpaired) electrons. The first-order valence-electron chi connectivity index (χ1n) is 9.31. The molecule has 2 saturated heterocycles. The van der Waals surface area contributed by atoms with Crippen molar-refractivity contribution in [1.82, 2.24) is 15.1 Å². The summed E-state index contributed by atoms with van der Waals surface area (Å²) >= 11 is 0. The quantitative estimate of drug-likeness (QED) is 0.804. The molecular formula is C19H29N3O3. The summed E-state index contributed by atoms with van der Waals surface area (Å²) in [6, 6.07) is 7.62. The Labute approximate surface area is 150 Å². The first-order valence-corrected chi connectivity index (χ1v) is 9.31. The number of carbonyl (C=O) groups excluding carboxylic acids is 1. The minimum absolute atomic E-state index is 0.0124. The van der Waals surface area contributed by atoms with E-state index in [4.69, 9.17) is 9.47 Å². The van der Waals surface area contributed by atoms with Crippen LogP contribution in [0.2, 0.25) is 0 Å². The Morgan fingerprint density at radius 2 is 2.04 bits per heavy atom. The van der Waals surface area contributed by atoms with Crippen molar-refractivity contribution in [2.45, 2.75) is 19.4 Å². The van der Waals surface area contributed by atoms with Gasteiger partial charge in [0, 0.05) is 50.9 Å². The highest BCUT2D eigenvalue weighted by Gasteiger charge is 2.24. The lowest BCUT2D eigenvalue weighted by Crippen LogP contribution is -2.42. The molecule has 6 heteroatoms. The third-order valence-electron chi connectivity index (χ3n) is 4.85. The third-order valence-corrected chi connectivity index (χ3v) is 4.85. The highest BCUT2D eigenvalue weighted by Crippen LogP contribution is 2.15. The fourth-order valence-electron chi connectivity index (χ4n) is 3.42. The molecule has 138 valence electrons. The average Bonchev–Trinajstić information content (AvgIpc) is 3.09. The van der Waals surface area contributed by atoms with E-state index in [0.717, 1.165) is 64.7 Å². The molecular weight excluding hydrogens is 318 g/mol. The maximum absolute atomic E-state index is 12.5. The number of likely N-dealkylation sites (tertiary alicyclic amines) is 1. The largest absolute Gasteiger partial charge is 0.494 e. The number of rotatable bonds is 7. The van der Waals surface area contributed by atoms with Crippen LogP contribution in [0.1, 0.15) is 23.7 Å². The number of hydrogen-bond acceptors (Lipinski definition) is 5. The Hall–Kier alpha value is -1.63. The van der Waals surface area contributed by atoms with Crippen molar-refractivity contribution in [1.29, 1.82) is 0 Å². The van der Waals surface area contributed by atoms with Gasteiger partial charge in [-0.25, -0.2) is 0 Å². The second kappa shape index (κ2) is 9.17. The fraction of sp³-hybridized carbons (Fsp3) is 0.632. The van der Waals surface area contributed by atoms with Gasteiger partial charge < -0.3 is 14.8 Å². The summed E-state index contributed by atoms with van der Waals surface area (Å²) in [6.45, 7) is 10.4. The van der Waals surface area contributed by atoms with Gasteiger partial charge in [0.1, 0.15) is 5.75 Å². The van der Waals surface area contributed by atoms with Gasteiger partial charge in [-0.05, 0) is 31.5 Å². The summed E-state index contributed by atoms with van der Waals surface area (Å²) in [6.07, 6.45) is 1.01. The van der Waals surface area contributed by atoms with Crippen LogP contribution in [0, 0.1) is 0 Å². The van der Waals surface area contributed by atoms with Crippen molar-refractivity contribution < 1.29 is 14.3 Å². The minimum Gasteiger partial charge on any atom is -0.494 e. The van der Waals surface area contributed by atoms with Crippen molar-refractivity contribution in [3.05, 3.63) is 29.8 Å². The molecule has 6 nitrogen and oxygen atoms in total. The van der Waals surface area contributed by atoms with Gasteiger partial charge in [-0.3, -0.25) is 14.6 Å². The second-order valence-corrected chi connectivity index (χ2v) is 6.67. The van der Waals surface area contributed by atoms with Crippen LogP contribution in [-0.2, 0) is 4.74 Å². The third kappa shape index (κ3) is 5.42. The van der Waals surface area contributed by atoms with E-state index >= 15 is 0 Å². The molecule has 3 rings (SSSR count). The number of hydrogen-bond donors (Lipinski definition) is 1. The number of benzene rings is 1. The Morgan fingerprint density at radius 3 is 2.84 bits per heavy atom. The van der Waals surface area contributed by atoms with Crippen molar-refractivity contribution in [3.63, 3.8) is 0 Å². The van der Waals surface area contributed by atoms with E-state index in [2.05, 4.69) is 15.1 Å². The molecule has 0 spiro atoms. The zero-order valence-corrected chi connectivity index (χ0v) is 15.1. The summed E-state index contributed by atoms with van der Waals surface area (Å²) < 4.78 is 10.9. The lowest BCUT2D eigenvalue weighted by Gasteiger charge is -2.28. The highest BCUT2D eigenvalue weighted by atomic mass is 16.5. The smallest absolute Gasteiger partial charge is 0.251 e. The molecule has 2 aliphatic heterocycles. The normalized spacial score (nSPS) is 22.0. The summed E-state index contributed by atoms with van der Waals surface area (Å²) in [5.41, 5.74) is 0.665. The van der Waals surface area contributed by atoms with Gasteiger partial charge >= 0.3 is 0 Å². The summed E-state index contributed by atoms with van der Waals surface area (Å²) in [5.74, 6) is 0.732. The van der Waals surface area contributed by atoms with Crippen LogP contribution >= 0.6 is 0 Å². The highest BCUT2D eigenvalue weighted by molar-refractivity contribution is 5.94. The maximum atomic E-state index is 12.5. The molecule has 0 saturated carbocycles. The van der Waals surface area contributed by atoms with Gasteiger partial charge in [0.15, 0.2) is 0 Å². The Kier molecular flexibility index (Phi) is 6.67. The first kappa shape index (κ1) is 18.2. The van der Waals surface area contributed by atoms with E-state index in [9.17, 15) is 4.79 Å². The molecule has 2 fully saturated rings. The van der Waals surface area contributed by atoms with Crippen molar-refractivity contribution >= 4 is 5.91 Å². The van der Waals surface area contributed by atoms with Crippen LogP contribution in [-0.4, -0.2) is 80.8 Å². The Bertz CT molecular complexity index is 561. The maximum Gasteiger partial charge on any atom is 0.251 e. The second-order valence-electron chi connectivity index (χ2n) is 6.67. The SMILES string of the molecule is CCOc1cccc(C(=O)N[C@@H]2CCN(CCN3CCOCC3)C2)c1. The number of nitrogens with one attached hydrogen (secondary N) is 1. The van der Waals surface area contributed by atoms with Crippen LogP contribution in [0.5, 0.6) is 5.75 Å². The van der Waals surface area contributed by atoms with Crippen LogP contribution in [0.4, 0.5) is 0 Å². The molecule has 2 heterocycles. The van der Waals surface area contributed by atoms with Gasteiger partial charge in [0.05, 0.1) is 19.8 Å². The molecule has 1 aromatic rings. The van der Waals surface area contributed by atoms with E-state index in [-0.39, 0.29) is 11.9 Å². The van der Waals surface area contributed by atoms with Crippen molar-refractivity contribution in [2.24, 2.45) is 0 Å². The number of nitrogens with zero attached hydrogens (tertiary/aromatic N) is 2. The molecule has 1 amide bonds. The average molecular weight is 347 g/mol. The van der Waals surface area contributed by atoms with Crippen LogP contribution in [0.25, 0.3) is 0 Å². The molecule has 1 N–H and O–H groups in total. The first-order chi connectivity index (χ1) is 12.2. The molecule has 2 aliphatic rings. The molecule has 0 unspecified atom stereocenters. The standard InChI is InChI=1S/C19H29N3O3/c1-2-25-18-5-3-4-16(14-18)19(23)20-17-6-7-22(15-17)9-8-21-10-12-24-13-11-21/h3-5,14,17H,2,6-13,15H2,1H3,(H,20,23)/t17-/m1/s1. The van der Waals surface area contributed by atoms with Gasteiger partial charge in [0.25, 0.3) is 5.91 Å². The molecule has 0 aliphatic carbocycles. The topological polar surface area (TPSA) is 54.0 Å². The molecule has 0 aromatic heterocycles. The van der Waals surface area contributed by atoms with Crippen molar-refractivity contribution in [2.75, 3.05) is 59.1 Å². The van der Waals surface area contributed by atoms with Gasteiger partial charge in [-0.15, -0.1) is 0 Å². The zero-order valence-electron chi connectivity index (χ0n) is 15.1. The zero-order chi connectivity index (χ0) is 17.5. The predicted octanol–water partition coefficient (Wildman–Crippen LogP) is 1.22. The van der Waals surface area contributed by atoms with E-state index in [1.807, 2.05) is 31.2 Å². The van der Waals surface area contributed by atoms with Crippen LogP contribution < -0.4 is 10.1 Å². The lowest BCUT2D eigenvalue weighted by molar-refractivity contribution is 0.0343. The number of amides is 1. The number of morpholine rings is 1. The Morgan fingerprint density at radius 1 is 1.24 bits per heavy atom. The molecule has 1 atom stereocenters. The summed E-state index contributed by atoms with van der Waals surface area (Å²) in [5, 5.41) is 3.16. The summed E-state index contributed by atoms with van der Waals surface area (Å²) in [7, 11) is 0. The Balaban J connectivity index is 1.42. The van der Waals surface area contributed by atoms with E-state index < -0.39 is 0 Å². The van der Waals surface area contributed by atoms with Crippen LogP contribution in [0.3, 0.4) is 0 Å². The number of ether oxygens (including phenoxy) is 2. The fourth-order valence-corrected chi connectivity index (χ4v) is 3.42. The molecule has 0 bridgehead atoms. The molecule has 1 aromatic carbocycles. The van der Waals surface area contributed by atoms with Gasteiger partial charge in [-0.2, -0.15) is 0 Å². The van der Waals surface area contributed by atoms with Gasteiger partial charge in [0.2, 0.25) is 0 Å². The van der Waals surface area contributed by atoms with Gasteiger partial charge in [-0.1, -0.05) is 6.07 Å².